The van der Waals surface area contributed by atoms with E-state index in [1.54, 1.807) is 11.8 Å². The van der Waals surface area contributed by atoms with Crippen LogP contribution in [-0.2, 0) is 27.2 Å². The van der Waals surface area contributed by atoms with Crippen molar-refractivity contribution >= 4 is 11.9 Å². The Labute approximate surface area is 149 Å². The van der Waals surface area contributed by atoms with Gasteiger partial charge >= 0.3 is 5.97 Å². The number of esters is 1. The number of carbonyl (C=O) groups is 2. The second kappa shape index (κ2) is 7.89. The maximum atomic E-state index is 12.6. The number of benzene rings is 1. The first-order valence-electron chi connectivity index (χ1n) is 9.23. The van der Waals surface area contributed by atoms with Crippen molar-refractivity contribution in [1.29, 1.82) is 0 Å². The van der Waals surface area contributed by atoms with Gasteiger partial charge < -0.3 is 14.4 Å². The van der Waals surface area contributed by atoms with Crippen LogP contribution in [0.25, 0.3) is 0 Å². The Hall–Kier alpha value is -2.04. The summed E-state index contributed by atoms with van der Waals surface area (Å²) in [6.07, 6.45) is 5.50. The molecule has 1 aromatic carbocycles. The summed E-state index contributed by atoms with van der Waals surface area (Å²) in [5.74, 6) is 0.489. The molecule has 3 rings (SSSR count). The van der Waals surface area contributed by atoms with Crippen molar-refractivity contribution in [2.75, 3.05) is 20.2 Å². The molecular formula is C20H27NO4. The summed E-state index contributed by atoms with van der Waals surface area (Å²) in [6.45, 7) is 2.96. The first-order valence-corrected chi connectivity index (χ1v) is 9.23. The van der Waals surface area contributed by atoms with E-state index in [1.807, 2.05) is 6.07 Å². The molecule has 0 saturated carbocycles. The fraction of sp³-hybridized carbons (Fsp3) is 0.600. The van der Waals surface area contributed by atoms with Crippen LogP contribution in [0.4, 0.5) is 0 Å². The van der Waals surface area contributed by atoms with E-state index in [2.05, 4.69) is 12.1 Å². The molecular weight excluding hydrogens is 318 g/mol. The average molecular weight is 345 g/mol. The quantitative estimate of drug-likeness (QED) is 0.788. The number of carbonyl (C=O) groups excluding carboxylic acids is 2. The molecule has 1 aromatic rings. The summed E-state index contributed by atoms with van der Waals surface area (Å²) in [7, 11) is 1.41. The Morgan fingerprint density at radius 2 is 1.80 bits per heavy atom. The van der Waals surface area contributed by atoms with Gasteiger partial charge in [-0.2, -0.15) is 0 Å². The Bertz CT molecular complexity index is 635. The summed E-state index contributed by atoms with van der Waals surface area (Å²) >= 11 is 0. The molecule has 2 aliphatic rings. The fourth-order valence-electron chi connectivity index (χ4n) is 3.80. The minimum Gasteiger partial charge on any atom is -0.481 e. The molecule has 0 bridgehead atoms. The monoisotopic (exact) mass is 345 g/mol. The summed E-state index contributed by atoms with van der Waals surface area (Å²) < 4.78 is 10.7. The minimum atomic E-state index is -0.517. The molecule has 1 heterocycles. The van der Waals surface area contributed by atoms with E-state index in [0.717, 1.165) is 18.6 Å². The van der Waals surface area contributed by atoms with Crippen LogP contribution in [0, 0.1) is 5.92 Å². The van der Waals surface area contributed by atoms with Crippen LogP contribution in [0.3, 0.4) is 0 Å². The number of piperidine rings is 1. The molecule has 0 unspecified atom stereocenters. The van der Waals surface area contributed by atoms with E-state index >= 15 is 0 Å². The first-order chi connectivity index (χ1) is 12.1. The lowest BCUT2D eigenvalue weighted by atomic mass is 9.92. The molecule has 5 heteroatoms. The van der Waals surface area contributed by atoms with Crippen molar-refractivity contribution in [2.45, 2.75) is 51.6 Å². The van der Waals surface area contributed by atoms with Crippen LogP contribution >= 0.6 is 0 Å². The highest BCUT2D eigenvalue weighted by molar-refractivity contribution is 5.81. The van der Waals surface area contributed by atoms with Gasteiger partial charge in [0, 0.05) is 13.1 Å². The van der Waals surface area contributed by atoms with E-state index in [1.165, 1.54) is 31.1 Å². The van der Waals surface area contributed by atoms with Gasteiger partial charge in [0.2, 0.25) is 0 Å². The minimum absolute atomic E-state index is 0.0129. The molecule has 0 aromatic heterocycles. The molecule has 1 fully saturated rings. The third kappa shape index (κ3) is 4.14. The Kier molecular flexibility index (Phi) is 5.61. The van der Waals surface area contributed by atoms with Gasteiger partial charge in [0.05, 0.1) is 13.0 Å². The van der Waals surface area contributed by atoms with Gasteiger partial charge in [-0.15, -0.1) is 0 Å². The maximum Gasteiger partial charge on any atom is 0.308 e. The van der Waals surface area contributed by atoms with E-state index in [0.29, 0.717) is 25.9 Å². The number of likely N-dealkylation sites (tertiary alicyclic amines) is 1. The van der Waals surface area contributed by atoms with Crippen molar-refractivity contribution in [3.8, 4) is 5.75 Å². The number of methoxy groups -OCH3 is 1. The molecule has 136 valence electrons. The van der Waals surface area contributed by atoms with Crippen molar-refractivity contribution < 1.29 is 19.1 Å². The van der Waals surface area contributed by atoms with Crippen molar-refractivity contribution in [3.05, 3.63) is 29.3 Å². The topological polar surface area (TPSA) is 55.8 Å². The van der Waals surface area contributed by atoms with Crippen LogP contribution in [0.15, 0.2) is 18.2 Å². The molecule has 1 atom stereocenters. The molecule has 1 saturated heterocycles. The molecule has 5 nitrogen and oxygen atoms in total. The second-order valence-corrected chi connectivity index (χ2v) is 7.02. The Morgan fingerprint density at radius 1 is 1.12 bits per heavy atom. The van der Waals surface area contributed by atoms with E-state index in [4.69, 9.17) is 9.47 Å². The zero-order valence-corrected chi connectivity index (χ0v) is 15.1. The lowest BCUT2D eigenvalue weighted by Crippen LogP contribution is -2.45. The molecule has 1 aliphatic heterocycles. The molecule has 0 spiro atoms. The number of fused-ring (bicyclic) bond motifs is 1. The third-order valence-electron chi connectivity index (χ3n) is 5.32. The van der Waals surface area contributed by atoms with Gasteiger partial charge in [0.25, 0.3) is 5.91 Å². The fourth-order valence-corrected chi connectivity index (χ4v) is 3.80. The predicted octanol–water partition coefficient (Wildman–Crippen LogP) is 2.74. The third-order valence-corrected chi connectivity index (χ3v) is 5.32. The summed E-state index contributed by atoms with van der Waals surface area (Å²) in [5.41, 5.74) is 2.75. The second-order valence-electron chi connectivity index (χ2n) is 7.02. The molecule has 1 amide bonds. The highest BCUT2D eigenvalue weighted by Crippen LogP contribution is 2.26. The van der Waals surface area contributed by atoms with Gasteiger partial charge in [0.15, 0.2) is 6.10 Å². The van der Waals surface area contributed by atoms with Crippen molar-refractivity contribution in [3.63, 3.8) is 0 Å². The zero-order chi connectivity index (χ0) is 17.8. The van der Waals surface area contributed by atoms with Crippen molar-refractivity contribution in [2.24, 2.45) is 5.92 Å². The molecule has 0 radical (unpaired) electrons. The smallest absolute Gasteiger partial charge is 0.308 e. The standard InChI is InChI=1S/C20H27NO4/c1-14(19(22)21-11-9-16(10-12-21)20(23)24-2)25-18-8-7-15-5-3-4-6-17(15)13-18/h7-8,13-14,16H,3-6,9-12H2,1-2H3/t14-/m1/s1. The lowest BCUT2D eigenvalue weighted by molar-refractivity contribution is -0.150. The van der Waals surface area contributed by atoms with Gasteiger partial charge in [0.1, 0.15) is 5.75 Å². The van der Waals surface area contributed by atoms with Crippen LogP contribution in [0.2, 0.25) is 0 Å². The number of hydrogen-bond acceptors (Lipinski definition) is 4. The molecule has 0 N–H and O–H groups in total. The number of aryl methyl sites for hydroxylation is 2. The van der Waals surface area contributed by atoms with Gasteiger partial charge in [-0.25, -0.2) is 0 Å². The van der Waals surface area contributed by atoms with Gasteiger partial charge in [-0.05, 0) is 68.7 Å². The van der Waals surface area contributed by atoms with Crippen LogP contribution in [0.5, 0.6) is 5.75 Å². The van der Waals surface area contributed by atoms with E-state index in [-0.39, 0.29) is 17.8 Å². The van der Waals surface area contributed by atoms with Crippen LogP contribution in [0.1, 0.15) is 43.7 Å². The van der Waals surface area contributed by atoms with E-state index in [9.17, 15) is 9.59 Å². The Morgan fingerprint density at radius 3 is 2.48 bits per heavy atom. The summed E-state index contributed by atoms with van der Waals surface area (Å²) in [4.78, 5) is 26.0. The number of nitrogens with zero attached hydrogens (tertiary/aromatic N) is 1. The highest BCUT2D eigenvalue weighted by atomic mass is 16.5. The van der Waals surface area contributed by atoms with Gasteiger partial charge in [-0.1, -0.05) is 6.07 Å². The van der Waals surface area contributed by atoms with Crippen molar-refractivity contribution in [1.82, 2.24) is 4.90 Å². The normalized spacial score (nSPS) is 19.0. The van der Waals surface area contributed by atoms with Crippen LogP contribution < -0.4 is 4.74 Å². The highest BCUT2D eigenvalue weighted by Gasteiger charge is 2.30. The number of rotatable bonds is 4. The summed E-state index contributed by atoms with van der Waals surface area (Å²) in [5, 5.41) is 0. The molecule has 1 aliphatic carbocycles. The van der Waals surface area contributed by atoms with Gasteiger partial charge in [-0.3, -0.25) is 9.59 Å². The zero-order valence-electron chi connectivity index (χ0n) is 15.1. The maximum absolute atomic E-state index is 12.6. The largest absolute Gasteiger partial charge is 0.481 e. The lowest BCUT2D eigenvalue weighted by Gasteiger charge is -2.32. The number of ether oxygens (including phenoxy) is 2. The first kappa shape index (κ1) is 17.8. The van der Waals surface area contributed by atoms with Crippen LogP contribution in [-0.4, -0.2) is 43.1 Å². The number of hydrogen-bond donors (Lipinski definition) is 0. The molecule has 25 heavy (non-hydrogen) atoms. The SMILES string of the molecule is COC(=O)C1CCN(C(=O)[C@@H](C)Oc2ccc3c(c2)CCCC3)CC1. The van der Waals surface area contributed by atoms with E-state index < -0.39 is 6.10 Å². The number of amides is 1. The average Bonchev–Trinajstić information content (AvgIpc) is 2.66. The summed E-state index contributed by atoms with van der Waals surface area (Å²) in [6, 6.07) is 6.18. The predicted molar refractivity (Wildman–Crippen MR) is 94.5 cm³/mol. The Balaban J connectivity index is 1.55.